The molecule has 198 valence electrons. The van der Waals surface area contributed by atoms with Crippen molar-refractivity contribution in [2.24, 2.45) is 23.3 Å². The first kappa shape index (κ1) is 25.7. The lowest BCUT2D eigenvalue weighted by Crippen LogP contribution is -2.65. The number of amides is 1. The maximum absolute atomic E-state index is 13.9. The first-order valence-electron chi connectivity index (χ1n) is 12.2. The van der Waals surface area contributed by atoms with Crippen LogP contribution >= 0.6 is 0 Å². The van der Waals surface area contributed by atoms with Crippen LogP contribution in [0.5, 0.6) is 5.75 Å². The van der Waals surface area contributed by atoms with Crippen molar-refractivity contribution in [3.63, 3.8) is 0 Å². The number of rotatable bonds is 4. The van der Waals surface area contributed by atoms with Gasteiger partial charge < -0.3 is 31.9 Å². The minimum absolute atomic E-state index is 0.0347. The number of fused-ring (bicyclic) bond motifs is 3. The number of aromatic hydroxyl groups is 1. The van der Waals surface area contributed by atoms with Gasteiger partial charge in [0.2, 0.25) is 5.78 Å². The van der Waals surface area contributed by atoms with Crippen LogP contribution in [0, 0.1) is 11.8 Å². The Hall–Kier alpha value is -3.99. The van der Waals surface area contributed by atoms with Crippen LogP contribution in [0.15, 0.2) is 53.3 Å². The van der Waals surface area contributed by atoms with Gasteiger partial charge in [-0.3, -0.25) is 19.3 Å². The second-order valence-electron chi connectivity index (χ2n) is 10.3. The highest BCUT2D eigenvalue weighted by molar-refractivity contribution is 6.24. The topological polar surface area (TPSA) is 187 Å². The highest BCUT2D eigenvalue weighted by Crippen LogP contribution is 2.53. The third-order valence-electron chi connectivity index (χ3n) is 8.10. The zero-order valence-corrected chi connectivity index (χ0v) is 20.9. The van der Waals surface area contributed by atoms with Crippen molar-refractivity contribution in [1.82, 2.24) is 4.90 Å². The van der Waals surface area contributed by atoms with E-state index in [1.807, 2.05) is 24.3 Å². The van der Waals surface area contributed by atoms with Gasteiger partial charge in [-0.1, -0.05) is 30.3 Å². The Labute approximate surface area is 218 Å². The van der Waals surface area contributed by atoms with Crippen LogP contribution in [-0.4, -0.2) is 68.5 Å². The van der Waals surface area contributed by atoms with Crippen molar-refractivity contribution in [3.8, 4) is 16.9 Å². The van der Waals surface area contributed by atoms with Crippen molar-refractivity contribution in [1.29, 1.82) is 0 Å². The summed E-state index contributed by atoms with van der Waals surface area (Å²) in [7, 11) is 3.13. The van der Waals surface area contributed by atoms with E-state index in [4.69, 9.17) is 11.5 Å². The van der Waals surface area contributed by atoms with E-state index in [9.17, 15) is 34.8 Å². The SMILES string of the molecule is CN(C)[C@H]1C(=O)C(C(N)=O)=C(O)[C@]2(O)C(=O)C3=C(O)c4c(O)ccc(-c5ccc(CN)cc5)c4C[C@@H]3C[C@H]12. The molecular weight excluding hydrogens is 490 g/mol. The first-order chi connectivity index (χ1) is 17.9. The van der Waals surface area contributed by atoms with Crippen molar-refractivity contribution < 1.29 is 34.8 Å². The lowest BCUT2D eigenvalue weighted by molar-refractivity contribution is -0.153. The molecule has 2 aromatic rings. The Kier molecular flexibility index (Phi) is 5.94. The molecule has 1 amide bonds. The first-order valence-corrected chi connectivity index (χ1v) is 12.2. The molecule has 0 bridgehead atoms. The summed E-state index contributed by atoms with van der Waals surface area (Å²) in [4.78, 5) is 40.6. The molecule has 38 heavy (non-hydrogen) atoms. The number of aliphatic hydroxyl groups is 3. The Morgan fingerprint density at radius 1 is 1.08 bits per heavy atom. The van der Waals surface area contributed by atoms with Crippen LogP contribution < -0.4 is 11.5 Å². The molecule has 1 saturated carbocycles. The maximum atomic E-state index is 13.9. The molecule has 0 radical (unpaired) electrons. The van der Waals surface area contributed by atoms with Crippen molar-refractivity contribution in [3.05, 3.63) is 70.0 Å². The van der Waals surface area contributed by atoms with Gasteiger partial charge in [-0.05, 0) is 61.2 Å². The number of primary amides is 1. The van der Waals surface area contributed by atoms with E-state index in [-0.39, 0.29) is 29.7 Å². The van der Waals surface area contributed by atoms with E-state index in [1.54, 1.807) is 20.2 Å². The normalized spacial score (nSPS) is 26.8. The second-order valence-corrected chi connectivity index (χ2v) is 10.3. The summed E-state index contributed by atoms with van der Waals surface area (Å²) < 4.78 is 0. The molecule has 0 aromatic heterocycles. The fraction of sp³-hybridized carbons (Fsp3) is 0.321. The highest BCUT2D eigenvalue weighted by Gasteiger charge is 2.64. The molecule has 0 spiro atoms. The molecule has 4 atom stereocenters. The predicted molar refractivity (Wildman–Crippen MR) is 138 cm³/mol. The molecule has 0 saturated heterocycles. The fourth-order valence-corrected chi connectivity index (χ4v) is 6.33. The molecule has 5 rings (SSSR count). The Morgan fingerprint density at radius 2 is 1.74 bits per heavy atom. The van der Waals surface area contributed by atoms with Crippen LogP contribution in [0.1, 0.15) is 23.1 Å². The monoisotopic (exact) mass is 519 g/mol. The standard InChI is InChI=1S/C28H29N3O7/c1-31(2)22-17-10-14-9-16-15(13-5-3-12(11-29)4-6-13)7-8-18(32)20(16)23(33)19(14)25(35)28(17,38)26(36)21(24(22)34)27(30)37/h3-8,14,17,22,32-33,36,38H,9-11,29H2,1-2H3,(H2,30,37)/t14-,17-,22-,28-/m1/s1. The number of nitrogens with two attached hydrogens (primary N) is 2. The number of benzene rings is 2. The molecule has 0 unspecified atom stereocenters. The third kappa shape index (κ3) is 3.41. The zero-order valence-electron chi connectivity index (χ0n) is 20.9. The van der Waals surface area contributed by atoms with E-state index in [2.05, 4.69) is 0 Å². The van der Waals surface area contributed by atoms with Crippen LogP contribution in [0.2, 0.25) is 0 Å². The number of phenolic OH excluding ortho intramolecular Hbond substituents is 1. The number of likely N-dealkylation sites (N-methyl/N-ethyl adjacent to an activating group) is 1. The van der Waals surface area contributed by atoms with E-state index >= 15 is 0 Å². The average molecular weight is 520 g/mol. The number of nitrogens with zero attached hydrogens (tertiary/aromatic N) is 1. The van der Waals surface area contributed by atoms with Crippen LogP contribution in [0.3, 0.4) is 0 Å². The average Bonchev–Trinajstić information content (AvgIpc) is 2.86. The quantitative estimate of drug-likeness (QED) is 0.321. The van der Waals surface area contributed by atoms with Gasteiger partial charge in [0, 0.05) is 18.0 Å². The van der Waals surface area contributed by atoms with E-state index in [0.29, 0.717) is 12.1 Å². The Bertz CT molecular complexity index is 1460. The molecule has 10 heteroatoms. The van der Waals surface area contributed by atoms with Crippen LogP contribution in [0.4, 0.5) is 0 Å². The number of hydrogen-bond acceptors (Lipinski definition) is 9. The van der Waals surface area contributed by atoms with Crippen molar-refractivity contribution in [2.75, 3.05) is 14.1 Å². The summed E-state index contributed by atoms with van der Waals surface area (Å²) in [5.74, 6) is -6.71. The number of ketones is 2. The van der Waals surface area contributed by atoms with Gasteiger partial charge in [-0.2, -0.15) is 0 Å². The number of Topliss-reactive ketones (excluding diaryl/α,β-unsaturated/α-hetero) is 2. The molecule has 1 fully saturated rings. The summed E-state index contributed by atoms with van der Waals surface area (Å²) in [6.45, 7) is 0.375. The molecule has 3 aliphatic carbocycles. The molecule has 0 aliphatic heterocycles. The number of aliphatic hydroxyl groups excluding tert-OH is 2. The van der Waals surface area contributed by atoms with Gasteiger partial charge in [0.15, 0.2) is 11.4 Å². The van der Waals surface area contributed by atoms with Gasteiger partial charge in [0.25, 0.3) is 5.91 Å². The number of carbonyl (C=O) groups excluding carboxylic acids is 3. The largest absolute Gasteiger partial charge is 0.508 e. The summed E-state index contributed by atoms with van der Waals surface area (Å²) in [6.07, 6.45) is 0.254. The fourth-order valence-electron chi connectivity index (χ4n) is 6.33. The minimum atomic E-state index is -2.66. The Morgan fingerprint density at radius 3 is 2.32 bits per heavy atom. The lowest BCUT2D eigenvalue weighted by atomic mass is 9.57. The molecule has 2 aromatic carbocycles. The second kappa shape index (κ2) is 8.80. The van der Waals surface area contributed by atoms with E-state index < -0.39 is 58.0 Å². The lowest BCUT2D eigenvalue weighted by Gasteiger charge is -2.50. The van der Waals surface area contributed by atoms with Crippen molar-refractivity contribution in [2.45, 2.75) is 31.0 Å². The van der Waals surface area contributed by atoms with Gasteiger partial charge in [0.05, 0.1) is 11.6 Å². The third-order valence-corrected chi connectivity index (χ3v) is 8.10. The maximum Gasteiger partial charge on any atom is 0.255 e. The van der Waals surface area contributed by atoms with Crippen LogP contribution in [-0.2, 0) is 27.3 Å². The van der Waals surface area contributed by atoms with Gasteiger partial charge >= 0.3 is 0 Å². The summed E-state index contributed by atoms with van der Waals surface area (Å²) >= 11 is 0. The summed E-state index contributed by atoms with van der Waals surface area (Å²) in [6, 6.07) is 9.53. The summed E-state index contributed by atoms with van der Waals surface area (Å²) in [5, 5.41) is 44.7. The van der Waals surface area contributed by atoms with Gasteiger partial charge in [-0.15, -0.1) is 0 Å². The van der Waals surface area contributed by atoms with Gasteiger partial charge in [-0.25, -0.2) is 0 Å². The number of phenols is 1. The predicted octanol–water partition coefficient (Wildman–Crippen LogP) is 1.09. The van der Waals surface area contributed by atoms with Crippen LogP contribution in [0.25, 0.3) is 16.9 Å². The highest BCUT2D eigenvalue weighted by atomic mass is 16.3. The zero-order chi connectivity index (χ0) is 27.7. The Balaban J connectivity index is 1.72. The molecule has 10 nitrogen and oxygen atoms in total. The molecular formula is C28H29N3O7. The smallest absolute Gasteiger partial charge is 0.255 e. The van der Waals surface area contributed by atoms with Crippen molar-refractivity contribution >= 4 is 23.2 Å². The van der Waals surface area contributed by atoms with E-state index in [0.717, 1.165) is 16.7 Å². The number of carbonyl (C=O) groups is 3. The number of hydrogen-bond donors (Lipinski definition) is 6. The molecule has 3 aliphatic rings. The summed E-state index contributed by atoms with van der Waals surface area (Å²) in [5.41, 5.74) is 10.6. The molecule has 0 heterocycles. The van der Waals surface area contributed by atoms with Gasteiger partial charge in [0.1, 0.15) is 22.8 Å². The minimum Gasteiger partial charge on any atom is -0.508 e. The molecule has 8 N–H and O–H groups in total. The van der Waals surface area contributed by atoms with E-state index in [1.165, 1.54) is 11.0 Å².